The number of fused-ring (bicyclic) bond motifs is 1. The van der Waals surface area contributed by atoms with E-state index in [4.69, 9.17) is 5.73 Å². The number of nitrogens with two attached hydrogens (primary N) is 1. The van der Waals surface area contributed by atoms with Crippen molar-refractivity contribution in [1.29, 1.82) is 0 Å². The molecule has 7 nitrogen and oxygen atoms in total. The lowest BCUT2D eigenvalue weighted by molar-refractivity contribution is -0.141. The van der Waals surface area contributed by atoms with Gasteiger partial charge in [-0.05, 0) is 24.3 Å². The number of hydrogen-bond acceptors (Lipinski definition) is 5. The Morgan fingerprint density at radius 3 is 2.74 bits per heavy atom. The van der Waals surface area contributed by atoms with Gasteiger partial charge in [0.25, 0.3) is 5.91 Å². The van der Waals surface area contributed by atoms with Crippen LogP contribution >= 0.6 is 0 Å². The molecule has 1 amide bonds. The number of carbonyl (C=O) groups is 1. The van der Waals surface area contributed by atoms with Gasteiger partial charge in [-0.3, -0.25) is 9.89 Å². The second-order valence-electron chi connectivity index (χ2n) is 4.59. The normalized spacial score (nSPS) is 11.6. The predicted molar refractivity (Wildman–Crippen MR) is 74.9 cm³/mol. The number of anilines is 2. The molecule has 0 aliphatic carbocycles. The summed E-state index contributed by atoms with van der Waals surface area (Å²) in [5.41, 5.74) is 5.13. The highest BCUT2D eigenvalue weighted by molar-refractivity contribution is 6.04. The first kappa shape index (κ1) is 14.8. The molecule has 118 valence electrons. The molecule has 10 heteroatoms. The fourth-order valence-electron chi connectivity index (χ4n) is 1.99. The van der Waals surface area contributed by atoms with Gasteiger partial charge in [-0.15, -0.1) is 0 Å². The Morgan fingerprint density at radius 2 is 2.04 bits per heavy atom. The van der Waals surface area contributed by atoms with Gasteiger partial charge in [0.2, 0.25) is 5.95 Å². The molecule has 0 saturated carbocycles. The number of nitrogens with one attached hydrogen (secondary N) is 2. The van der Waals surface area contributed by atoms with Crippen molar-refractivity contribution in [2.45, 2.75) is 6.18 Å². The Morgan fingerprint density at radius 1 is 1.26 bits per heavy atom. The number of aromatic nitrogens is 4. The van der Waals surface area contributed by atoms with Gasteiger partial charge < -0.3 is 11.1 Å². The topological polar surface area (TPSA) is 110 Å². The fourth-order valence-corrected chi connectivity index (χ4v) is 1.99. The molecule has 0 bridgehead atoms. The first-order valence-corrected chi connectivity index (χ1v) is 6.30. The third-order valence-corrected chi connectivity index (χ3v) is 3.00. The van der Waals surface area contributed by atoms with Gasteiger partial charge >= 0.3 is 6.18 Å². The zero-order valence-corrected chi connectivity index (χ0v) is 11.3. The summed E-state index contributed by atoms with van der Waals surface area (Å²) in [6, 6.07) is 5.47. The van der Waals surface area contributed by atoms with Crippen LogP contribution in [-0.4, -0.2) is 26.1 Å². The summed E-state index contributed by atoms with van der Waals surface area (Å²) in [6.07, 6.45) is -3.56. The van der Waals surface area contributed by atoms with Crippen molar-refractivity contribution in [2.75, 3.05) is 5.32 Å². The molecule has 2 heterocycles. The van der Waals surface area contributed by atoms with Crippen molar-refractivity contribution in [3.8, 4) is 0 Å². The molecule has 0 fully saturated rings. The van der Waals surface area contributed by atoms with E-state index in [9.17, 15) is 18.0 Å². The summed E-state index contributed by atoms with van der Waals surface area (Å²) in [4.78, 5) is 18.4. The van der Waals surface area contributed by atoms with Gasteiger partial charge in [0.15, 0.2) is 5.69 Å². The maximum absolute atomic E-state index is 12.6. The zero-order chi connectivity index (χ0) is 16.6. The molecule has 0 aliphatic rings. The number of amides is 1. The third-order valence-electron chi connectivity index (χ3n) is 3.00. The van der Waals surface area contributed by atoms with Gasteiger partial charge in [0, 0.05) is 17.3 Å². The second-order valence-corrected chi connectivity index (χ2v) is 4.59. The number of alkyl halides is 3. The monoisotopic (exact) mass is 322 g/mol. The van der Waals surface area contributed by atoms with Crippen molar-refractivity contribution in [2.24, 2.45) is 5.73 Å². The number of aromatic amines is 1. The number of benzene rings is 1. The van der Waals surface area contributed by atoms with E-state index in [-0.39, 0.29) is 11.6 Å². The van der Waals surface area contributed by atoms with E-state index in [2.05, 4.69) is 25.5 Å². The minimum atomic E-state index is -4.56. The summed E-state index contributed by atoms with van der Waals surface area (Å²) >= 11 is 0. The van der Waals surface area contributed by atoms with Gasteiger partial charge in [-0.25, -0.2) is 9.97 Å². The highest BCUT2D eigenvalue weighted by Gasteiger charge is 2.32. The number of rotatable bonds is 3. The molecule has 0 atom stereocenters. The number of carbonyl (C=O) groups excluding carboxylic acids is 1. The number of halogens is 3. The van der Waals surface area contributed by atoms with Crippen LogP contribution in [0.4, 0.5) is 24.8 Å². The first-order valence-electron chi connectivity index (χ1n) is 6.30. The van der Waals surface area contributed by atoms with Crippen LogP contribution in [0.15, 0.2) is 30.5 Å². The molecule has 0 saturated heterocycles. The molecule has 23 heavy (non-hydrogen) atoms. The maximum atomic E-state index is 12.6. The Bertz CT molecular complexity index is 889. The number of nitrogens with zero attached hydrogens (tertiary/aromatic N) is 3. The van der Waals surface area contributed by atoms with Crippen LogP contribution in [0.25, 0.3) is 10.9 Å². The van der Waals surface area contributed by atoms with Crippen LogP contribution in [0.2, 0.25) is 0 Å². The van der Waals surface area contributed by atoms with Gasteiger partial charge in [-0.2, -0.15) is 18.3 Å². The van der Waals surface area contributed by atoms with Crippen LogP contribution < -0.4 is 11.1 Å². The van der Waals surface area contributed by atoms with Crippen LogP contribution in [0.3, 0.4) is 0 Å². The average molecular weight is 322 g/mol. The van der Waals surface area contributed by atoms with Crippen molar-refractivity contribution < 1.29 is 18.0 Å². The van der Waals surface area contributed by atoms with Crippen molar-refractivity contribution in [1.82, 2.24) is 20.2 Å². The maximum Gasteiger partial charge on any atom is 0.433 e. The smallest absolute Gasteiger partial charge is 0.364 e. The Labute approximate surface area is 126 Å². The molecule has 4 N–H and O–H groups in total. The molecule has 2 aromatic heterocycles. The Kier molecular flexibility index (Phi) is 3.36. The fraction of sp³-hybridized carbons (Fsp3) is 0.0769. The van der Waals surface area contributed by atoms with Gasteiger partial charge in [-0.1, -0.05) is 0 Å². The summed E-state index contributed by atoms with van der Waals surface area (Å²) in [5, 5.41) is 9.50. The van der Waals surface area contributed by atoms with E-state index in [0.717, 1.165) is 12.3 Å². The van der Waals surface area contributed by atoms with E-state index >= 15 is 0 Å². The molecule has 0 radical (unpaired) electrons. The quantitative estimate of drug-likeness (QED) is 0.685. The first-order chi connectivity index (χ1) is 10.8. The van der Waals surface area contributed by atoms with Crippen molar-refractivity contribution >= 4 is 28.4 Å². The Hall–Kier alpha value is -3.17. The third kappa shape index (κ3) is 2.91. The van der Waals surface area contributed by atoms with Crippen LogP contribution in [0, 0.1) is 0 Å². The van der Waals surface area contributed by atoms with Gasteiger partial charge in [0.1, 0.15) is 5.69 Å². The SMILES string of the molecule is NC(=O)c1n[nH]c2ccc(Nc3nccc(C(F)(F)F)n3)cc12. The van der Waals surface area contributed by atoms with E-state index < -0.39 is 17.8 Å². The standard InChI is InChI=1S/C13H9F3N6O/c14-13(15,16)9-3-4-18-12(20-9)19-6-1-2-8-7(5-6)10(11(17)23)22-21-8/h1-5H,(H2,17,23)(H,21,22)(H,18,19,20). The predicted octanol–water partition coefficient (Wildman–Crippen LogP) is 2.21. The molecular formula is C13H9F3N6O. The number of primary amides is 1. The van der Waals surface area contributed by atoms with E-state index in [0.29, 0.717) is 16.6 Å². The van der Waals surface area contributed by atoms with Crippen molar-refractivity contribution in [3.63, 3.8) is 0 Å². The van der Waals surface area contributed by atoms with Gasteiger partial charge in [0.05, 0.1) is 5.52 Å². The lowest BCUT2D eigenvalue weighted by Gasteiger charge is -2.08. The zero-order valence-electron chi connectivity index (χ0n) is 11.3. The molecule has 3 aromatic rings. The molecule has 3 rings (SSSR count). The largest absolute Gasteiger partial charge is 0.433 e. The minimum absolute atomic E-state index is 0.0358. The summed E-state index contributed by atoms with van der Waals surface area (Å²) in [5.74, 6) is -0.938. The second kappa shape index (κ2) is 5.23. The molecule has 0 unspecified atom stereocenters. The van der Waals surface area contributed by atoms with E-state index in [1.165, 1.54) is 6.07 Å². The lowest BCUT2D eigenvalue weighted by atomic mass is 10.2. The lowest BCUT2D eigenvalue weighted by Crippen LogP contribution is -2.11. The molecule has 0 spiro atoms. The van der Waals surface area contributed by atoms with Crippen LogP contribution in [0.1, 0.15) is 16.2 Å². The van der Waals surface area contributed by atoms with Crippen LogP contribution in [0.5, 0.6) is 0 Å². The summed E-state index contributed by atoms with van der Waals surface area (Å²) in [7, 11) is 0. The summed E-state index contributed by atoms with van der Waals surface area (Å²) in [6.45, 7) is 0. The van der Waals surface area contributed by atoms with E-state index in [1.807, 2.05) is 0 Å². The highest BCUT2D eigenvalue weighted by Crippen LogP contribution is 2.28. The van der Waals surface area contributed by atoms with E-state index in [1.54, 1.807) is 12.1 Å². The van der Waals surface area contributed by atoms with Crippen LogP contribution in [-0.2, 0) is 6.18 Å². The molecule has 0 aliphatic heterocycles. The summed E-state index contributed by atoms with van der Waals surface area (Å²) < 4.78 is 37.9. The van der Waals surface area contributed by atoms with Crippen molar-refractivity contribution in [3.05, 3.63) is 41.9 Å². The number of H-pyrrole nitrogens is 1. The highest BCUT2D eigenvalue weighted by atomic mass is 19.4. The number of hydrogen-bond donors (Lipinski definition) is 3. The molecular weight excluding hydrogens is 313 g/mol. The minimum Gasteiger partial charge on any atom is -0.364 e. The molecule has 1 aromatic carbocycles. The average Bonchev–Trinajstić information content (AvgIpc) is 2.90. The Balaban J connectivity index is 1.95.